The molecule has 1 fully saturated rings. The average molecular weight is 425 g/mol. The van der Waals surface area contributed by atoms with E-state index in [4.69, 9.17) is 14.2 Å². The van der Waals surface area contributed by atoms with Gasteiger partial charge in [0.1, 0.15) is 17.3 Å². The molecule has 164 valence electrons. The molecule has 1 amide bonds. The van der Waals surface area contributed by atoms with E-state index in [1.807, 2.05) is 13.0 Å². The van der Waals surface area contributed by atoms with Gasteiger partial charge in [-0.3, -0.25) is 9.59 Å². The number of hydrogen-bond donors (Lipinski definition) is 1. The summed E-state index contributed by atoms with van der Waals surface area (Å²) in [6.45, 7) is 3.10. The topological polar surface area (TPSA) is 85.3 Å². The van der Waals surface area contributed by atoms with Crippen molar-refractivity contribution in [3.63, 3.8) is 0 Å². The van der Waals surface area contributed by atoms with Crippen LogP contribution in [0, 0.1) is 0 Å². The van der Waals surface area contributed by atoms with E-state index in [-0.39, 0.29) is 11.3 Å². The number of nitrogens with zero attached hydrogens (tertiary/aromatic N) is 1. The average Bonchev–Trinajstić information content (AvgIpc) is 3.04. The molecule has 0 spiro atoms. The zero-order valence-corrected chi connectivity index (χ0v) is 18.0. The number of methoxy groups -OCH3 is 2. The van der Waals surface area contributed by atoms with Gasteiger partial charge in [0.05, 0.1) is 25.3 Å². The SMILES string of the molecule is CCOc1cccc(/C(O)=C2\C(=O)C(=O)N(CCCOC)C2c2cccc(OC)c2)c1. The summed E-state index contributed by atoms with van der Waals surface area (Å²) in [5, 5.41) is 11.1. The fourth-order valence-electron chi connectivity index (χ4n) is 3.70. The normalized spacial score (nSPS) is 17.8. The van der Waals surface area contributed by atoms with Gasteiger partial charge in [-0.25, -0.2) is 0 Å². The Morgan fingerprint density at radius 2 is 1.81 bits per heavy atom. The smallest absolute Gasteiger partial charge is 0.295 e. The third-order valence-electron chi connectivity index (χ3n) is 5.12. The van der Waals surface area contributed by atoms with Crippen molar-refractivity contribution in [2.24, 2.45) is 0 Å². The second-order valence-electron chi connectivity index (χ2n) is 7.08. The maximum atomic E-state index is 13.0. The number of rotatable bonds is 9. The van der Waals surface area contributed by atoms with Crippen molar-refractivity contribution in [1.29, 1.82) is 0 Å². The van der Waals surface area contributed by atoms with Gasteiger partial charge in [-0.05, 0) is 43.2 Å². The van der Waals surface area contributed by atoms with Crippen LogP contribution in [0.15, 0.2) is 54.1 Å². The Morgan fingerprint density at radius 3 is 2.52 bits per heavy atom. The van der Waals surface area contributed by atoms with Crippen LogP contribution in [-0.4, -0.2) is 55.7 Å². The van der Waals surface area contributed by atoms with Gasteiger partial charge in [-0.1, -0.05) is 24.3 Å². The van der Waals surface area contributed by atoms with Gasteiger partial charge < -0.3 is 24.2 Å². The van der Waals surface area contributed by atoms with Crippen LogP contribution in [0.4, 0.5) is 0 Å². The summed E-state index contributed by atoms with van der Waals surface area (Å²) in [4.78, 5) is 27.4. The Balaban J connectivity index is 2.12. The van der Waals surface area contributed by atoms with Gasteiger partial charge in [0.2, 0.25) is 0 Å². The fourth-order valence-corrected chi connectivity index (χ4v) is 3.70. The van der Waals surface area contributed by atoms with E-state index in [1.54, 1.807) is 56.7 Å². The number of Topliss-reactive ketones (excluding diaryl/α,β-unsaturated/α-hetero) is 1. The van der Waals surface area contributed by atoms with Crippen LogP contribution in [-0.2, 0) is 14.3 Å². The lowest BCUT2D eigenvalue weighted by Crippen LogP contribution is -2.31. The van der Waals surface area contributed by atoms with Gasteiger partial charge in [0, 0.05) is 25.8 Å². The van der Waals surface area contributed by atoms with Crippen molar-refractivity contribution in [3.8, 4) is 11.5 Å². The van der Waals surface area contributed by atoms with E-state index in [9.17, 15) is 14.7 Å². The molecule has 1 heterocycles. The Morgan fingerprint density at radius 1 is 1.06 bits per heavy atom. The molecule has 2 aromatic rings. The Labute approximate surface area is 181 Å². The first kappa shape index (κ1) is 22.4. The number of amides is 1. The first-order chi connectivity index (χ1) is 15.0. The van der Waals surface area contributed by atoms with Gasteiger partial charge in [-0.2, -0.15) is 0 Å². The van der Waals surface area contributed by atoms with Crippen molar-refractivity contribution in [2.75, 3.05) is 34.0 Å². The second kappa shape index (κ2) is 10.1. The predicted molar refractivity (Wildman–Crippen MR) is 116 cm³/mol. The summed E-state index contributed by atoms with van der Waals surface area (Å²) >= 11 is 0. The molecular formula is C24H27NO6. The van der Waals surface area contributed by atoms with Gasteiger partial charge >= 0.3 is 0 Å². The number of aliphatic hydroxyl groups is 1. The largest absolute Gasteiger partial charge is 0.507 e. The number of likely N-dealkylation sites (tertiary alicyclic amines) is 1. The lowest BCUT2D eigenvalue weighted by atomic mass is 9.95. The molecule has 7 nitrogen and oxygen atoms in total. The Kier molecular flexibility index (Phi) is 7.31. The Hall–Kier alpha value is -3.32. The van der Waals surface area contributed by atoms with Crippen molar-refractivity contribution in [3.05, 3.63) is 65.2 Å². The van der Waals surface area contributed by atoms with E-state index in [0.717, 1.165) is 0 Å². The number of benzene rings is 2. The van der Waals surface area contributed by atoms with E-state index in [1.165, 1.54) is 4.90 Å². The van der Waals surface area contributed by atoms with E-state index in [2.05, 4.69) is 0 Å². The minimum atomic E-state index is -0.734. The van der Waals surface area contributed by atoms with Crippen LogP contribution in [0.1, 0.15) is 30.5 Å². The zero-order valence-electron chi connectivity index (χ0n) is 18.0. The van der Waals surface area contributed by atoms with Crippen LogP contribution in [0.3, 0.4) is 0 Å². The van der Waals surface area contributed by atoms with Crippen LogP contribution in [0.25, 0.3) is 5.76 Å². The molecule has 2 aromatic carbocycles. The highest BCUT2D eigenvalue weighted by atomic mass is 16.5. The molecule has 1 atom stereocenters. The van der Waals surface area contributed by atoms with Crippen LogP contribution >= 0.6 is 0 Å². The maximum Gasteiger partial charge on any atom is 0.295 e. The Bertz CT molecular complexity index is 984. The third kappa shape index (κ3) is 4.72. The van der Waals surface area contributed by atoms with Gasteiger partial charge in [0.25, 0.3) is 11.7 Å². The highest BCUT2D eigenvalue weighted by Gasteiger charge is 2.45. The molecule has 1 aliphatic heterocycles. The fraction of sp³-hybridized carbons (Fsp3) is 0.333. The number of ether oxygens (including phenoxy) is 3. The van der Waals surface area contributed by atoms with E-state index >= 15 is 0 Å². The molecule has 1 saturated heterocycles. The molecule has 1 N–H and O–H groups in total. The summed E-state index contributed by atoms with van der Waals surface area (Å²) in [6, 6.07) is 13.3. The molecular weight excluding hydrogens is 398 g/mol. The molecule has 1 aliphatic rings. The first-order valence-electron chi connectivity index (χ1n) is 10.2. The third-order valence-corrected chi connectivity index (χ3v) is 5.12. The number of carbonyl (C=O) groups is 2. The van der Waals surface area contributed by atoms with Crippen LogP contribution in [0.2, 0.25) is 0 Å². The molecule has 0 aromatic heterocycles. The van der Waals surface area contributed by atoms with E-state index < -0.39 is 17.7 Å². The highest BCUT2D eigenvalue weighted by Crippen LogP contribution is 2.40. The summed E-state index contributed by atoms with van der Waals surface area (Å²) in [5.74, 6) is -0.435. The highest BCUT2D eigenvalue weighted by molar-refractivity contribution is 6.46. The van der Waals surface area contributed by atoms with Crippen LogP contribution in [0.5, 0.6) is 11.5 Å². The number of hydrogen-bond acceptors (Lipinski definition) is 6. The number of ketones is 1. The van der Waals surface area contributed by atoms with Crippen molar-refractivity contribution >= 4 is 17.4 Å². The summed E-state index contributed by atoms with van der Waals surface area (Å²) in [5.41, 5.74) is 1.14. The van der Waals surface area contributed by atoms with Crippen molar-refractivity contribution in [1.82, 2.24) is 4.90 Å². The quantitative estimate of drug-likeness (QED) is 0.286. The minimum absolute atomic E-state index is 0.0457. The van der Waals surface area contributed by atoms with Crippen LogP contribution < -0.4 is 9.47 Å². The van der Waals surface area contributed by atoms with E-state index in [0.29, 0.717) is 48.8 Å². The van der Waals surface area contributed by atoms with Crippen molar-refractivity contribution < 1.29 is 28.9 Å². The minimum Gasteiger partial charge on any atom is -0.507 e. The molecule has 0 aliphatic carbocycles. The lowest BCUT2D eigenvalue weighted by Gasteiger charge is -2.25. The molecule has 7 heteroatoms. The summed E-state index contributed by atoms with van der Waals surface area (Å²) in [7, 11) is 3.13. The predicted octanol–water partition coefficient (Wildman–Crippen LogP) is 3.55. The monoisotopic (exact) mass is 425 g/mol. The number of aliphatic hydroxyl groups excluding tert-OH is 1. The molecule has 0 radical (unpaired) electrons. The first-order valence-corrected chi connectivity index (χ1v) is 10.2. The van der Waals surface area contributed by atoms with Gasteiger partial charge in [-0.15, -0.1) is 0 Å². The zero-order chi connectivity index (χ0) is 22.4. The van der Waals surface area contributed by atoms with Gasteiger partial charge in [0.15, 0.2) is 0 Å². The second-order valence-corrected chi connectivity index (χ2v) is 7.08. The molecule has 3 rings (SSSR count). The lowest BCUT2D eigenvalue weighted by molar-refractivity contribution is -0.140. The molecule has 1 unspecified atom stereocenters. The maximum absolute atomic E-state index is 13.0. The summed E-state index contributed by atoms with van der Waals surface area (Å²) in [6.07, 6.45) is 0.559. The molecule has 31 heavy (non-hydrogen) atoms. The number of carbonyl (C=O) groups excluding carboxylic acids is 2. The standard InChI is InChI=1S/C24H27NO6/c1-4-31-19-11-6-9-17(15-19)22(26)20-21(16-8-5-10-18(14-16)30-3)25(12-7-13-29-2)24(28)23(20)27/h5-6,8-11,14-15,21,26H,4,7,12-13H2,1-3H3/b22-20+. The molecule has 0 saturated carbocycles. The molecule has 0 bridgehead atoms. The van der Waals surface area contributed by atoms with Crippen molar-refractivity contribution in [2.45, 2.75) is 19.4 Å². The summed E-state index contributed by atoms with van der Waals surface area (Å²) < 4.78 is 15.9.